The number of hydrogen-bond acceptors (Lipinski definition) is 4. The average Bonchev–Trinajstić information content (AvgIpc) is 3.26. The molecule has 0 N–H and O–H groups in total. The van der Waals surface area contributed by atoms with Gasteiger partial charge in [0.25, 0.3) is 0 Å². The fourth-order valence-corrected chi connectivity index (χ4v) is 7.42. The standard InChI is InChI=1S/C52H38N4/c1-37-33-43(25-31-49(37)55(45-27-21-39(35-53)22-28-45)51-19-11-9-17-47(51)41-13-5-3-6-14-41)44-26-32-50(38(2)34-44)56(46-29-23-40(36-54)24-30-46)52-20-12-10-18-48(52)42-15-7-4-8-16-42/h3-34H,1-2H3. The molecule has 0 saturated carbocycles. The summed E-state index contributed by atoms with van der Waals surface area (Å²) in [6.07, 6.45) is 0. The van der Waals surface area contributed by atoms with Crippen LogP contribution in [0.4, 0.5) is 34.1 Å². The second-order valence-corrected chi connectivity index (χ2v) is 13.8. The van der Waals surface area contributed by atoms with E-state index in [0.29, 0.717) is 11.1 Å². The Bertz CT molecular complexity index is 2530. The van der Waals surface area contributed by atoms with Gasteiger partial charge in [0.2, 0.25) is 0 Å². The molecule has 0 heterocycles. The number of nitrogens with zero attached hydrogens (tertiary/aromatic N) is 4. The molecule has 8 aromatic rings. The Labute approximate surface area is 329 Å². The van der Waals surface area contributed by atoms with Crippen molar-refractivity contribution >= 4 is 34.1 Å². The molecule has 0 aromatic heterocycles. The van der Waals surface area contributed by atoms with Crippen molar-refractivity contribution in [3.63, 3.8) is 0 Å². The second-order valence-electron chi connectivity index (χ2n) is 13.8. The Morgan fingerprint density at radius 1 is 0.339 bits per heavy atom. The molecule has 4 nitrogen and oxygen atoms in total. The van der Waals surface area contributed by atoms with E-state index in [1.165, 1.54) is 0 Å². The molecule has 8 rings (SSSR count). The fourth-order valence-electron chi connectivity index (χ4n) is 7.42. The molecule has 0 atom stereocenters. The van der Waals surface area contributed by atoms with Crippen LogP contribution in [-0.4, -0.2) is 0 Å². The van der Waals surface area contributed by atoms with Gasteiger partial charge >= 0.3 is 0 Å². The summed E-state index contributed by atoms with van der Waals surface area (Å²) in [5, 5.41) is 19.1. The maximum atomic E-state index is 9.56. The van der Waals surface area contributed by atoms with E-state index in [2.05, 4.69) is 169 Å². The lowest BCUT2D eigenvalue weighted by molar-refractivity contribution is 1.24. The van der Waals surface area contributed by atoms with Gasteiger partial charge in [-0.25, -0.2) is 0 Å². The number of rotatable bonds is 9. The van der Waals surface area contributed by atoms with Gasteiger partial charge in [0.1, 0.15) is 0 Å². The van der Waals surface area contributed by atoms with Crippen LogP contribution >= 0.6 is 0 Å². The van der Waals surface area contributed by atoms with E-state index < -0.39 is 0 Å². The highest BCUT2D eigenvalue weighted by molar-refractivity contribution is 5.91. The van der Waals surface area contributed by atoms with Crippen LogP contribution in [0.25, 0.3) is 33.4 Å². The summed E-state index contributed by atoms with van der Waals surface area (Å²) in [5.41, 5.74) is 16.4. The molecule has 266 valence electrons. The van der Waals surface area contributed by atoms with E-state index in [9.17, 15) is 10.5 Å². The topological polar surface area (TPSA) is 54.1 Å². The highest BCUT2D eigenvalue weighted by Gasteiger charge is 2.21. The molecule has 0 bridgehead atoms. The van der Waals surface area contributed by atoms with Crippen molar-refractivity contribution in [1.82, 2.24) is 0 Å². The van der Waals surface area contributed by atoms with Crippen molar-refractivity contribution in [2.75, 3.05) is 9.80 Å². The second kappa shape index (κ2) is 15.7. The molecular weight excluding hydrogens is 681 g/mol. The van der Waals surface area contributed by atoms with Crippen LogP contribution < -0.4 is 9.80 Å². The highest BCUT2D eigenvalue weighted by Crippen LogP contribution is 2.45. The number of anilines is 6. The molecule has 8 aromatic carbocycles. The first kappa shape index (κ1) is 35.4. The fraction of sp³-hybridized carbons (Fsp3) is 0.0385. The van der Waals surface area contributed by atoms with Gasteiger partial charge in [-0.05, 0) is 132 Å². The lowest BCUT2D eigenvalue weighted by atomic mass is 9.97. The van der Waals surface area contributed by atoms with Gasteiger partial charge in [0.15, 0.2) is 0 Å². The summed E-state index contributed by atoms with van der Waals surface area (Å²) in [7, 11) is 0. The van der Waals surface area contributed by atoms with Gasteiger partial charge in [-0.2, -0.15) is 10.5 Å². The number of benzene rings is 8. The molecule has 0 aliphatic rings. The van der Waals surface area contributed by atoms with Crippen molar-refractivity contribution in [3.05, 3.63) is 216 Å². The van der Waals surface area contributed by atoms with Gasteiger partial charge in [0, 0.05) is 33.9 Å². The van der Waals surface area contributed by atoms with Crippen molar-refractivity contribution in [3.8, 4) is 45.5 Å². The monoisotopic (exact) mass is 718 g/mol. The van der Waals surface area contributed by atoms with Crippen molar-refractivity contribution in [2.45, 2.75) is 13.8 Å². The van der Waals surface area contributed by atoms with E-state index in [4.69, 9.17) is 0 Å². The molecule has 0 amide bonds. The maximum absolute atomic E-state index is 9.56. The van der Waals surface area contributed by atoms with Gasteiger partial charge in [-0.3, -0.25) is 0 Å². The number of nitriles is 2. The van der Waals surface area contributed by atoms with E-state index >= 15 is 0 Å². The van der Waals surface area contributed by atoms with Crippen molar-refractivity contribution < 1.29 is 0 Å². The van der Waals surface area contributed by atoms with E-state index in [1.54, 1.807) is 0 Å². The van der Waals surface area contributed by atoms with Crippen LogP contribution in [0.1, 0.15) is 22.3 Å². The molecule has 0 radical (unpaired) electrons. The lowest BCUT2D eigenvalue weighted by Crippen LogP contribution is -2.13. The molecule has 56 heavy (non-hydrogen) atoms. The normalized spacial score (nSPS) is 10.6. The third kappa shape index (κ3) is 7.04. The van der Waals surface area contributed by atoms with Gasteiger partial charge in [-0.15, -0.1) is 0 Å². The number of para-hydroxylation sites is 2. The Balaban J connectivity index is 1.21. The third-order valence-corrected chi connectivity index (χ3v) is 10.2. The first-order valence-corrected chi connectivity index (χ1v) is 18.6. The molecule has 0 saturated heterocycles. The summed E-state index contributed by atoms with van der Waals surface area (Å²) in [6, 6.07) is 71.3. The Morgan fingerprint density at radius 2 is 0.696 bits per heavy atom. The number of hydrogen-bond donors (Lipinski definition) is 0. The summed E-state index contributed by atoms with van der Waals surface area (Å²) in [6.45, 7) is 4.32. The largest absolute Gasteiger partial charge is 0.310 e. The molecule has 0 aliphatic carbocycles. The molecule has 0 unspecified atom stereocenters. The first-order chi connectivity index (χ1) is 27.5. The minimum absolute atomic E-state index is 0.622. The van der Waals surface area contributed by atoms with Crippen LogP contribution in [0.5, 0.6) is 0 Å². The van der Waals surface area contributed by atoms with Crippen LogP contribution in [0.15, 0.2) is 194 Å². The molecule has 0 fully saturated rings. The zero-order valence-electron chi connectivity index (χ0n) is 31.3. The molecule has 0 aliphatic heterocycles. The molecule has 0 spiro atoms. The Hall–Kier alpha value is -7.66. The molecular formula is C52H38N4. The summed E-state index contributed by atoms with van der Waals surface area (Å²) < 4.78 is 0. The first-order valence-electron chi connectivity index (χ1n) is 18.6. The SMILES string of the molecule is Cc1cc(-c2ccc(N(c3ccc(C#N)cc3)c3ccccc3-c3ccccc3)c(C)c2)ccc1N(c1ccc(C#N)cc1)c1ccccc1-c1ccccc1. The highest BCUT2D eigenvalue weighted by atomic mass is 15.2. The Morgan fingerprint density at radius 3 is 1.05 bits per heavy atom. The maximum Gasteiger partial charge on any atom is 0.0991 e. The summed E-state index contributed by atoms with van der Waals surface area (Å²) in [5.74, 6) is 0. The number of aryl methyl sites for hydroxylation is 2. The van der Waals surface area contributed by atoms with Crippen molar-refractivity contribution in [1.29, 1.82) is 10.5 Å². The van der Waals surface area contributed by atoms with Gasteiger partial charge < -0.3 is 9.80 Å². The predicted molar refractivity (Wildman–Crippen MR) is 231 cm³/mol. The molecule has 4 heteroatoms. The van der Waals surface area contributed by atoms with Gasteiger partial charge in [0.05, 0.1) is 34.6 Å². The van der Waals surface area contributed by atoms with Crippen LogP contribution in [0.2, 0.25) is 0 Å². The van der Waals surface area contributed by atoms with E-state index in [-0.39, 0.29) is 0 Å². The van der Waals surface area contributed by atoms with E-state index in [0.717, 1.165) is 78.6 Å². The van der Waals surface area contributed by atoms with Gasteiger partial charge in [-0.1, -0.05) is 109 Å². The minimum atomic E-state index is 0.622. The van der Waals surface area contributed by atoms with Crippen molar-refractivity contribution in [2.24, 2.45) is 0 Å². The average molecular weight is 719 g/mol. The lowest BCUT2D eigenvalue weighted by Gasteiger charge is -2.30. The van der Waals surface area contributed by atoms with Crippen LogP contribution in [-0.2, 0) is 0 Å². The van der Waals surface area contributed by atoms with Crippen LogP contribution in [0.3, 0.4) is 0 Å². The minimum Gasteiger partial charge on any atom is -0.310 e. The summed E-state index contributed by atoms with van der Waals surface area (Å²) in [4.78, 5) is 4.58. The quantitative estimate of drug-likeness (QED) is 0.149. The zero-order valence-corrected chi connectivity index (χ0v) is 31.3. The third-order valence-electron chi connectivity index (χ3n) is 10.2. The van der Waals surface area contributed by atoms with Crippen LogP contribution in [0, 0.1) is 36.5 Å². The zero-order chi connectivity index (χ0) is 38.4. The van der Waals surface area contributed by atoms with E-state index in [1.807, 2.05) is 60.7 Å². The smallest absolute Gasteiger partial charge is 0.0991 e. The summed E-state index contributed by atoms with van der Waals surface area (Å²) >= 11 is 0. The predicted octanol–water partition coefficient (Wildman–Crippen LogP) is 14.0. The Kier molecular flexibility index (Phi) is 9.95.